The second kappa shape index (κ2) is 11.2. The summed E-state index contributed by atoms with van der Waals surface area (Å²) in [6.07, 6.45) is 0.0673. The van der Waals surface area contributed by atoms with Gasteiger partial charge in [0.05, 0.1) is 6.10 Å². The second-order valence-corrected chi connectivity index (χ2v) is 8.93. The van der Waals surface area contributed by atoms with E-state index < -0.39 is 0 Å². The fourth-order valence-electron chi connectivity index (χ4n) is 3.83. The van der Waals surface area contributed by atoms with E-state index in [1.807, 2.05) is 44.2 Å². The van der Waals surface area contributed by atoms with Gasteiger partial charge in [-0.1, -0.05) is 0 Å². The number of aromatic nitrogens is 1. The highest BCUT2D eigenvalue weighted by molar-refractivity contribution is 7.80. The van der Waals surface area contributed by atoms with Crippen LogP contribution in [0, 0.1) is 0 Å². The predicted molar refractivity (Wildman–Crippen MR) is 149 cm³/mol. The third-order valence-electron chi connectivity index (χ3n) is 5.60. The topological polar surface area (TPSA) is 79.6 Å². The van der Waals surface area contributed by atoms with E-state index >= 15 is 0 Å². The molecular formula is C28H30N4O3S. The van der Waals surface area contributed by atoms with E-state index in [2.05, 4.69) is 46.5 Å². The highest BCUT2D eigenvalue weighted by Crippen LogP contribution is 2.28. The number of rotatable bonds is 8. The third-order valence-corrected chi connectivity index (χ3v) is 5.81. The van der Waals surface area contributed by atoms with Crippen molar-refractivity contribution in [2.24, 2.45) is 0 Å². The van der Waals surface area contributed by atoms with Gasteiger partial charge in [-0.05, 0) is 107 Å². The average Bonchev–Trinajstić information content (AvgIpc) is 3.28. The van der Waals surface area contributed by atoms with Gasteiger partial charge in [-0.3, -0.25) is 10.1 Å². The first-order valence-electron chi connectivity index (χ1n) is 12.0. The molecule has 4 rings (SSSR count). The fourth-order valence-corrected chi connectivity index (χ4v) is 4.04. The van der Waals surface area contributed by atoms with Crippen molar-refractivity contribution in [3.8, 4) is 17.2 Å². The Morgan fingerprint density at radius 2 is 1.72 bits per heavy atom. The number of thiocarbonyl (C=S) groups is 1. The van der Waals surface area contributed by atoms with Crippen molar-refractivity contribution in [2.75, 3.05) is 23.3 Å². The monoisotopic (exact) mass is 502 g/mol. The number of fused-ring (bicyclic) bond motifs is 1. The Morgan fingerprint density at radius 3 is 2.36 bits per heavy atom. The Balaban J connectivity index is 1.41. The summed E-state index contributed by atoms with van der Waals surface area (Å²) in [7, 11) is 0. The standard InChI is InChI=1S/C28H30N4O3S/c1-5-32(6-2)22-12-7-20(8-13-22)27-30-24-17-21(11-16-25(24)35-27)29-28(36)31-26(33)19-9-14-23(15-10-19)34-18(3)4/h7-18H,5-6H2,1-4H3,(H2,29,31,33,36). The van der Waals surface area contributed by atoms with Crippen LogP contribution >= 0.6 is 12.2 Å². The molecule has 0 saturated heterocycles. The number of nitrogens with zero attached hydrogens (tertiary/aromatic N) is 2. The van der Waals surface area contributed by atoms with Crippen LogP contribution in [0.2, 0.25) is 0 Å². The molecule has 0 unspecified atom stereocenters. The fraction of sp³-hybridized carbons (Fsp3) is 0.250. The summed E-state index contributed by atoms with van der Waals surface area (Å²) in [4.78, 5) is 19.5. The molecule has 0 bridgehead atoms. The summed E-state index contributed by atoms with van der Waals surface area (Å²) >= 11 is 5.34. The minimum absolute atomic E-state index is 0.0673. The Hall–Kier alpha value is -3.91. The molecule has 1 aromatic heterocycles. The van der Waals surface area contributed by atoms with Crippen LogP contribution in [0.3, 0.4) is 0 Å². The van der Waals surface area contributed by atoms with E-state index in [1.54, 1.807) is 24.3 Å². The van der Waals surface area contributed by atoms with Crippen LogP contribution in [0.4, 0.5) is 11.4 Å². The van der Waals surface area contributed by atoms with Crippen LogP contribution in [0.5, 0.6) is 5.75 Å². The minimum Gasteiger partial charge on any atom is -0.491 e. The number of ether oxygens (including phenoxy) is 1. The lowest BCUT2D eigenvalue weighted by Gasteiger charge is -2.20. The minimum atomic E-state index is -0.304. The Labute approximate surface area is 216 Å². The highest BCUT2D eigenvalue weighted by atomic mass is 32.1. The number of hydrogen-bond donors (Lipinski definition) is 2. The third kappa shape index (κ3) is 6.01. The number of carbonyl (C=O) groups excluding carboxylic acids is 1. The molecule has 0 atom stereocenters. The lowest BCUT2D eigenvalue weighted by Crippen LogP contribution is -2.34. The van der Waals surface area contributed by atoms with Crippen LogP contribution in [0.25, 0.3) is 22.6 Å². The van der Waals surface area contributed by atoms with E-state index in [1.165, 1.54) is 5.69 Å². The molecule has 8 heteroatoms. The van der Waals surface area contributed by atoms with Crippen molar-refractivity contribution in [1.82, 2.24) is 10.3 Å². The van der Waals surface area contributed by atoms with E-state index in [9.17, 15) is 4.79 Å². The number of benzene rings is 3. The van der Waals surface area contributed by atoms with Gasteiger partial charge in [-0.15, -0.1) is 0 Å². The van der Waals surface area contributed by atoms with Gasteiger partial charge in [0.1, 0.15) is 11.3 Å². The van der Waals surface area contributed by atoms with Crippen molar-refractivity contribution in [3.63, 3.8) is 0 Å². The number of amides is 1. The number of oxazole rings is 1. The molecule has 186 valence electrons. The molecule has 0 radical (unpaired) electrons. The molecular weight excluding hydrogens is 472 g/mol. The number of hydrogen-bond acceptors (Lipinski definition) is 6. The first kappa shape index (κ1) is 25.2. The van der Waals surface area contributed by atoms with Gasteiger partial charge < -0.3 is 19.4 Å². The summed E-state index contributed by atoms with van der Waals surface area (Å²) in [5.74, 6) is 0.956. The summed E-state index contributed by atoms with van der Waals surface area (Å²) in [5.41, 5.74) is 4.62. The molecule has 3 aromatic carbocycles. The second-order valence-electron chi connectivity index (χ2n) is 8.52. The van der Waals surface area contributed by atoms with Crippen molar-refractivity contribution < 1.29 is 13.9 Å². The quantitative estimate of drug-likeness (QED) is 0.276. The zero-order valence-corrected chi connectivity index (χ0v) is 21.7. The largest absolute Gasteiger partial charge is 0.491 e. The Kier molecular flexibility index (Phi) is 7.85. The van der Waals surface area contributed by atoms with Crippen LogP contribution in [-0.2, 0) is 0 Å². The van der Waals surface area contributed by atoms with Crippen molar-refractivity contribution in [2.45, 2.75) is 33.8 Å². The molecule has 0 fully saturated rings. The van der Waals surface area contributed by atoms with Gasteiger partial charge in [0, 0.05) is 35.6 Å². The van der Waals surface area contributed by atoms with Crippen LogP contribution in [0.1, 0.15) is 38.1 Å². The molecule has 0 aliphatic heterocycles. The van der Waals surface area contributed by atoms with Gasteiger partial charge in [0.15, 0.2) is 10.7 Å². The number of anilines is 2. The normalized spacial score (nSPS) is 10.9. The van der Waals surface area contributed by atoms with Crippen LogP contribution in [-0.4, -0.2) is 35.2 Å². The molecule has 1 amide bonds. The van der Waals surface area contributed by atoms with E-state index in [0.29, 0.717) is 34.0 Å². The summed E-state index contributed by atoms with van der Waals surface area (Å²) in [6.45, 7) is 10.1. The molecule has 0 aliphatic carbocycles. The van der Waals surface area contributed by atoms with Crippen LogP contribution < -0.4 is 20.3 Å². The van der Waals surface area contributed by atoms with E-state index in [4.69, 9.17) is 21.4 Å². The zero-order valence-electron chi connectivity index (χ0n) is 20.9. The maximum atomic E-state index is 12.5. The van der Waals surface area contributed by atoms with Gasteiger partial charge in [-0.2, -0.15) is 0 Å². The maximum absolute atomic E-state index is 12.5. The van der Waals surface area contributed by atoms with Crippen molar-refractivity contribution in [1.29, 1.82) is 0 Å². The molecule has 2 N–H and O–H groups in total. The van der Waals surface area contributed by atoms with Gasteiger partial charge >= 0.3 is 0 Å². The van der Waals surface area contributed by atoms with E-state index in [-0.39, 0.29) is 17.1 Å². The molecule has 1 heterocycles. The smallest absolute Gasteiger partial charge is 0.257 e. The molecule has 7 nitrogen and oxygen atoms in total. The van der Waals surface area contributed by atoms with Crippen molar-refractivity contribution in [3.05, 3.63) is 72.3 Å². The van der Waals surface area contributed by atoms with Crippen LogP contribution in [0.15, 0.2) is 71.1 Å². The molecule has 0 aliphatic rings. The predicted octanol–water partition coefficient (Wildman–Crippen LogP) is 6.26. The Morgan fingerprint density at radius 1 is 1.03 bits per heavy atom. The zero-order chi connectivity index (χ0) is 25.7. The average molecular weight is 503 g/mol. The van der Waals surface area contributed by atoms with Gasteiger partial charge in [0.25, 0.3) is 5.91 Å². The summed E-state index contributed by atoms with van der Waals surface area (Å²) in [5, 5.41) is 5.93. The molecule has 4 aromatic rings. The maximum Gasteiger partial charge on any atom is 0.257 e. The lowest BCUT2D eigenvalue weighted by molar-refractivity contribution is 0.0977. The van der Waals surface area contributed by atoms with Crippen molar-refractivity contribution >= 4 is 45.7 Å². The summed E-state index contributed by atoms with van der Waals surface area (Å²) in [6, 6.07) is 20.6. The molecule has 0 saturated carbocycles. The highest BCUT2D eigenvalue weighted by Gasteiger charge is 2.12. The molecule has 36 heavy (non-hydrogen) atoms. The van der Waals surface area contributed by atoms with Gasteiger partial charge in [0.2, 0.25) is 5.89 Å². The first-order valence-corrected chi connectivity index (χ1v) is 12.4. The number of nitrogens with one attached hydrogen (secondary N) is 2. The van der Waals surface area contributed by atoms with E-state index in [0.717, 1.165) is 18.7 Å². The Bertz CT molecular complexity index is 1340. The summed E-state index contributed by atoms with van der Waals surface area (Å²) < 4.78 is 11.6. The number of carbonyl (C=O) groups is 1. The molecule has 0 spiro atoms. The SMILES string of the molecule is CCN(CC)c1ccc(-c2nc3cc(NC(=S)NC(=O)c4ccc(OC(C)C)cc4)ccc3o2)cc1. The van der Waals surface area contributed by atoms with Gasteiger partial charge in [-0.25, -0.2) is 4.98 Å². The lowest BCUT2D eigenvalue weighted by atomic mass is 10.2. The first-order chi connectivity index (χ1) is 17.4.